The summed E-state index contributed by atoms with van der Waals surface area (Å²) >= 11 is 0. The van der Waals surface area contributed by atoms with Crippen LogP contribution in [0.1, 0.15) is 5.82 Å². The summed E-state index contributed by atoms with van der Waals surface area (Å²) in [6, 6.07) is 0. The van der Waals surface area contributed by atoms with E-state index in [-0.39, 0.29) is 35.8 Å². The number of rotatable bonds is 2. The molecule has 0 aliphatic carbocycles. The molecule has 0 bridgehead atoms. The third kappa shape index (κ3) is 3.07. The van der Waals surface area contributed by atoms with E-state index in [0.29, 0.717) is 0 Å². The second-order valence-electron chi connectivity index (χ2n) is 3.19. The number of guanidine groups is 1. The SMILES string of the molecule is CN(NC(=N)c1ncc([N+](=O)[O-])n1C)C(=N)N.Cl. The summed E-state index contributed by atoms with van der Waals surface area (Å²) in [6.07, 6.45) is 1.05. The lowest BCUT2D eigenvalue weighted by Crippen LogP contribution is -2.47. The molecule has 1 aromatic rings. The van der Waals surface area contributed by atoms with Crippen LogP contribution >= 0.6 is 12.4 Å². The van der Waals surface area contributed by atoms with Gasteiger partial charge in [-0.1, -0.05) is 0 Å². The second kappa shape index (κ2) is 5.82. The van der Waals surface area contributed by atoms with E-state index >= 15 is 0 Å². The molecule has 0 unspecified atom stereocenters. The lowest BCUT2D eigenvalue weighted by Gasteiger charge is -2.17. The first kappa shape index (κ1) is 15.6. The highest BCUT2D eigenvalue weighted by molar-refractivity contribution is 5.94. The van der Waals surface area contributed by atoms with Crippen LogP contribution in [0.4, 0.5) is 5.82 Å². The Hall–Kier alpha value is -2.36. The number of aromatic nitrogens is 2. The first-order chi connectivity index (χ1) is 7.84. The molecule has 5 N–H and O–H groups in total. The van der Waals surface area contributed by atoms with Crippen LogP contribution in [0.25, 0.3) is 0 Å². The molecule has 0 amide bonds. The summed E-state index contributed by atoms with van der Waals surface area (Å²) in [5, 5.41) is 26.4. The van der Waals surface area contributed by atoms with Crippen molar-refractivity contribution >= 4 is 30.0 Å². The molecule has 10 nitrogen and oxygen atoms in total. The van der Waals surface area contributed by atoms with Gasteiger partial charge in [0, 0.05) is 7.05 Å². The molecule has 0 radical (unpaired) electrons. The number of hydrogen-bond donors (Lipinski definition) is 4. The largest absolute Gasteiger partial charge is 0.369 e. The molecule has 1 rings (SSSR count). The molecule has 0 saturated carbocycles. The third-order valence-corrected chi connectivity index (χ3v) is 2.02. The third-order valence-electron chi connectivity index (χ3n) is 2.02. The summed E-state index contributed by atoms with van der Waals surface area (Å²) in [4.78, 5) is 13.7. The molecule has 0 saturated heterocycles. The van der Waals surface area contributed by atoms with Gasteiger partial charge in [-0.3, -0.25) is 21.3 Å². The Morgan fingerprint density at radius 2 is 2.22 bits per heavy atom. The predicted octanol–water partition coefficient (Wildman–Crippen LogP) is -0.595. The van der Waals surface area contributed by atoms with Crippen LogP contribution in [0.3, 0.4) is 0 Å². The van der Waals surface area contributed by atoms with Gasteiger partial charge in [-0.2, -0.15) is 0 Å². The topological polar surface area (TPSA) is 150 Å². The summed E-state index contributed by atoms with van der Waals surface area (Å²) in [5.41, 5.74) is 7.62. The second-order valence-corrected chi connectivity index (χ2v) is 3.19. The Bertz CT molecular complexity index is 484. The number of nitrogens with zero attached hydrogens (tertiary/aromatic N) is 4. The summed E-state index contributed by atoms with van der Waals surface area (Å²) in [7, 11) is 2.86. The average molecular weight is 277 g/mol. The van der Waals surface area contributed by atoms with Gasteiger partial charge in [0.25, 0.3) is 5.82 Å². The zero-order valence-electron chi connectivity index (χ0n) is 9.67. The van der Waals surface area contributed by atoms with E-state index in [0.717, 1.165) is 15.8 Å². The average Bonchev–Trinajstić information content (AvgIpc) is 2.59. The number of nitro groups is 1. The molecule has 0 aliphatic rings. The van der Waals surface area contributed by atoms with Crippen molar-refractivity contribution in [2.75, 3.05) is 7.05 Å². The van der Waals surface area contributed by atoms with Gasteiger partial charge < -0.3 is 15.8 Å². The van der Waals surface area contributed by atoms with Crippen molar-refractivity contribution in [3.8, 4) is 0 Å². The number of amidine groups is 1. The van der Waals surface area contributed by atoms with Crippen LogP contribution in [0.15, 0.2) is 6.20 Å². The Kier molecular flexibility index (Phi) is 5.05. The molecule has 18 heavy (non-hydrogen) atoms. The first-order valence-corrected chi connectivity index (χ1v) is 4.44. The molecule has 0 atom stereocenters. The Balaban J connectivity index is 0.00000289. The number of hydrazine groups is 1. The van der Waals surface area contributed by atoms with E-state index in [1.165, 1.54) is 14.1 Å². The van der Waals surface area contributed by atoms with Crippen LogP contribution < -0.4 is 11.2 Å². The van der Waals surface area contributed by atoms with Crippen LogP contribution in [0.2, 0.25) is 0 Å². The molecule has 0 spiro atoms. The maximum absolute atomic E-state index is 10.6. The maximum Gasteiger partial charge on any atom is 0.343 e. The fourth-order valence-corrected chi connectivity index (χ4v) is 1.08. The molecular weight excluding hydrogens is 264 g/mol. The number of halogens is 1. The van der Waals surface area contributed by atoms with Gasteiger partial charge in [0.15, 0.2) is 0 Å². The molecule has 1 heterocycles. The minimum atomic E-state index is -0.599. The lowest BCUT2D eigenvalue weighted by molar-refractivity contribution is -0.391. The smallest absolute Gasteiger partial charge is 0.343 e. The number of nitrogens with two attached hydrogens (primary N) is 1. The lowest BCUT2D eigenvalue weighted by atomic mass is 10.5. The van der Waals surface area contributed by atoms with Crippen LogP contribution in [-0.2, 0) is 7.05 Å². The molecular formula is C7H13ClN8O2. The standard InChI is InChI=1S/C7H12N8O2.ClH/c1-13-4(15(16)17)3-11-6(13)5(8)12-14(2)7(9)10;/h3H,1-2H3,(H2,8,12)(H3,9,10);1H. The van der Waals surface area contributed by atoms with Gasteiger partial charge in [0.05, 0.1) is 7.05 Å². The monoisotopic (exact) mass is 276 g/mol. The predicted molar refractivity (Wildman–Crippen MR) is 66.8 cm³/mol. The highest BCUT2D eigenvalue weighted by Crippen LogP contribution is 2.11. The fourth-order valence-electron chi connectivity index (χ4n) is 1.08. The molecule has 0 fully saturated rings. The van der Waals surface area contributed by atoms with E-state index in [1.54, 1.807) is 0 Å². The summed E-state index contributed by atoms with van der Waals surface area (Å²) < 4.78 is 1.16. The van der Waals surface area contributed by atoms with Crippen molar-refractivity contribution in [1.82, 2.24) is 20.0 Å². The van der Waals surface area contributed by atoms with E-state index in [4.69, 9.17) is 16.6 Å². The number of hydrogen-bond acceptors (Lipinski definition) is 5. The van der Waals surface area contributed by atoms with E-state index in [2.05, 4.69) is 10.4 Å². The minimum absolute atomic E-state index is 0. The molecule has 0 aliphatic heterocycles. The Morgan fingerprint density at radius 1 is 1.67 bits per heavy atom. The Labute approximate surface area is 108 Å². The van der Waals surface area contributed by atoms with Gasteiger partial charge in [-0.15, -0.1) is 12.4 Å². The van der Waals surface area contributed by atoms with Gasteiger partial charge in [-0.25, -0.2) is 9.55 Å². The highest BCUT2D eigenvalue weighted by atomic mass is 35.5. The van der Waals surface area contributed by atoms with Crippen LogP contribution in [0, 0.1) is 20.9 Å². The summed E-state index contributed by atoms with van der Waals surface area (Å²) in [6.45, 7) is 0. The number of imidazole rings is 1. The normalized spacial score (nSPS) is 9.22. The minimum Gasteiger partial charge on any atom is -0.369 e. The Morgan fingerprint density at radius 3 is 2.61 bits per heavy atom. The summed E-state index contributed by atoms with van der Waals surface area (Å²) in [5.74, 6) is -0.640. The van der Waals surface area contributed by atoms with Gasteiger partial charge >= 0.3 is 5.82 Å². The van der Waals surface area contributed by atoms with E-state index < -0.39 is 4.92 Å². The zero-order valence-corrected chi connectivity index (χ0v) is 10.5. The van der Waals surface area contributed by atoms with Crippen molar-refractivity contribution in [3.63, 3.8) is 0 Å². The zero-order chi connectivity index (χ0) is 13.2. The van der Waals surface area contributed by atoms with E-state index in [9.17, 15) is 10.1 Å². The van der Waals surface area contributed by atoms with Crippen LogP contribution in [-0.4, -0.2) is 38.3 Å². The highest BCUT2D eigenvalue weighted by Gasteiger charge is 2.20. The van der Waals surface area contributed by atoms with Crippen molar-refractivity contribution in [2.24, 2.45) is 12.8 Å². The van der Waals surface area contributed by atoms with Gasteiger partial charge in [0.1, 0.15) is 6.20 Å². The van der Waals surface area contributed by atoms with Gasteiger partial charge in [-0.05, 0) is 4.92 Å². The number of nitrogens with one attached hydrogen (secondary N) is 3. The quantitative estimate of drug-likeness (QED) is 0.245. The van der Waals surface area contributed by atoms with Crippen molar-refractivity contribution in [2.45, 2.75) is 0 Å². The van der Waals surface area contributed by atoms with Crippen molar-refractivity contribution < 1.29 is 4.92 Å². The van der Waals surface area contributed by atoms with Crippen LogP contribution in [0.5, 0.6) is 0 Å². The van der Waals surface area contributed by atoms with Gasteiger partial charge in [0.2, 0.25) is 11.8 Å². The van der Waals surface area contributed by atoms with E-state index in [1.807, 2.05) is 0 Å². The first-order valence-electron chi connectivity index (χ1n) is 4.44. The maximum atomic E-state index is 10.6. The van der Waals surface area contributed by atoms with Crippen molar-refractivity contribution in [3.05, 3.63) is 22.1 Å². The molecule has 1 aromatic heterocycles. The van der Waals surface area contributed by atoms with Crippen molar-refractivity contribution in [1.29, 1.82) is 10.8 Å². The molecule has 100 valence electrons. The fraction of sp³-hybridized carbons (Fsp3) is 0.286. The molecule has 11 heteroatoms. The molecule has 0 aromatic carbocycles.